The van der Waals surface area contributed by atoms with Gasteiger partial charge in [-0.15, -0.1) is 0 Å². The lowest BCUT2D eigenvalue weighted by Gasteiger charge is -2.16. The summed E-state index contributed by atoms with van der Waals surface area (Å²) in [5.74, 6) is 0.644. The molecule has 29 heavy (non-hydrogen) atoms. The van der Waals surface area contributed by atoms with Gasteiger partial charge in [-0.3, -0.25) is 4.98 Å². The summed E-state index contributed by atoms with van der Waals surface area (Å²) >= 11 is 6.06. The second kappa shape index (κ2) is 8.83. The molecule has 1 fully saturated rings. The normalized spacial score (nSPS) is 13.9. The van der Waals surface area contributed by atoms with Gasteiger partial charge in [0.1, 0.15) is 0 Å². The number of aromatic nitrogens is 1. The number of fused-ring (bicyclic) bond motifs is 1. The van der Waals surface area contributed by atoms with Crippen molar-refractivity contribution in [3.63, 3.8) is 0 Å². The van der Waals surface area contributed by atoms with Crippen molar-refractivity contribution in [3.8, 4) is 11.1 Å². The lowest BCUT2D eigenvalue weighted by Crippen LogP contribution is -2.10. The topological polar surface area (TPSA) is 53.4 Å². The Morgan fingerprint density at radius 1 is 1.07 bits per heavy atom. The minimum Gasteiger partial charge on any atom is -0.396 e. The highest BCUT2D eigenvalue weighted by atomic mass is 35.5. The maximum Gasteiger partial charge on any atom is 0.0714 e. The maximum absolute atomic E-state index is 9.52. The number of rotatable bonds is 4. The molecular weight excluding hydrogens is 382 g/mol. The van der Waals surface area contributed by atoms with Crippen LogP contribution in [-0.2, 0) is 6.42 Å². The van der Waals surface area contributed by atoms with E-state index < -0.39 is 5.60 Å². The van der Waals surface area contributed by atoms with Gasteiger partial charge >= 0.3 is 0 Å². The van der Waals surface area contributed by atoms with Crippen LogP contribution in [0.15, 0.2) is 42.5 Å². The van der Waals surface area contributed by atoms with Crippen LogP contribution in [0.1, 0.15) is 56.4 Å². The first kappa shape index (κ1) is 21.8. The van der Waals surface area contributed by atoms with E-state index in [4.69, 9.17) is 21.7 Å². The molecule has 1 heterocycles. The molecule has 4 rings (SSSR count). The molecule has 0 aliphatic heterocycles. The Hall–Kier alpha value is -1.94. The molecule has 0 atom stereocenters. The van der Waals surface area contributed by atoms with E-state index in [1.807, 2.05) is 24.3 Å². The van der Waals surface area contributed by atoms with Crippen LogP contribution >= 0.6 is 11.6 Å². The van der Waals surface area contributed by atoms with Gasteiger partial charge < -0.3 is 10.2 Å². The van der Waals surface area contributed by atoms with Gasteiger partial charge in [-0.2, -0.15) is 0 Å². The van der Waals surface area contributed by atoms with E-state index in [9.17, 15) is 5.11 Å². The molecule has 3 aromatic rings. The zero-order valence-corrected chi connectivity index (χ0v) is 18.4. The van der Waals surface area contributed by atoms with Crippen LogP contribution in [0.3, 0.4) is 0 Å². The fourth-order valence-electron chi connectivity index (χ4n) is 3.45. The summed E-state index contributed by atoms with van der Waals surface area (Å²) < 4.78 is 0. The monoisotopic (exact) mass is 411 g/mol. The van der Waals surface area contributed by atoms with Crippen molar-refractivity contribution < 1.29 is 10.2 Å². The molecule has 0 unspecified atom stereocenters. The third kappa shape index (κ3) is 5.79. The summed E-state index contributed by atoms with van der Waals surface area (Å²) in [6, 6.07) is 14.4. The van der Waals surface area contributed by atoms with Crippen LogP contribution in [0, 0.1) is 6.92 Å². The Bertz CT molecular complexity index is 980. The number of nitrogens with zero attached hydrogens (tertiary/aromatic N) is 1. The van der Waals surface area contributed by atoms with Crippen LogP contribution in [0.4, 0.5) is 0 Å². The molecule has 4 heteroatoms. The minimum atomic E-state index is -0.500. The fourth-order valence-corrected chi connectivity index (χ4v) is 3.58. The van der Waals surface area contributed by atoms with E-state index in [0.717, 1.165) is 21.5 Å². The maximum atomic E-state index is 9.52. The molecule has 2 aromatic carbocycles. The van der Waals surface area contributed by atoms with E-state index in [1.165, 1.54) is 35.2 Å². The van der Waals surface area contributed by atoms with Crippen molar-refractivity contribution >= 4 is 22.5 Å². The van der Waals surface area contributed by atoms with Gasteiger partial charge in [0, 0.05) is 28.6 Å². The Balaban J connectivity index is 0.000000431. The molecule has 3 nitrogen and oxygen atoms in total. The highest BCUT2D eigenvalue weighted by molar-refractivity contribution is 6.30. The molecule has 0 radical (unpaired) electrons. The number of benzene rings is 2. The summed E-state index contributed by atoms with van der Waals surface area (Å²) in [5.41, 5.74) is 6.42. The molecule has 1 aliphatic rings. The van der Waals surface area contributed by atoms with Crippen LogP contribution in [-0.4, -0.2) is 27.4 Å². The molecule has 1 aliphatic carbocycles. The average Bonchev–Trinajstić information content (AvgIpc) is 3.47. The highest BCUT2D eigenvalue weighted by Gasteiger charge is 2.25. The Kier molecular flexibility index (Phi) is 6.62. The van der Waals surface area contributed by atoms with E-state index in [0.29, 0.717) is 12.3 Å². The van der Waals surface area contributed by atoms with Crippen LogP contribution in [0.2, 0.25) is 5.02 Å². The standard InChI is InChI=1S/C21H20ClNO.C4H10O/c1-13-12-20-18(8-9-19(23-20)14-2-3-14)21(17(13)10-11-24)15-4-6-16(22)7-5-15;1-4(2,3)5/h4-9,12,14,24H,2-3,10-11H2,1H3;5H,1-3H3. The third-order valence-electron chi connectivity index (χ3n) is 4.84. The van der Waals surface area contributed by atoms with Gasteiger partial charge in [0.15, 0.2) is 0 Å². The first-order valence-corrected chi connectivity index (χ1v) is 10.6. The first-order chi connectivity index (χ1) is 13.7. The largest absolute Gasteiger partial charge is 0.396 e. The lowest BCUT2D eigenvalue weighted by molar-refractivity contribution is 0.102. The SMILES string of the molecule is CC(C)(C)O.Cc1cc2nc(C3CC3)ccc2c(-c2ccc(Cl)cc2)c1CCO. The third-order valence-corrected chi connectivity index (χ3v) is 5.09. The van der Waals surface area contributed by atoms with Crippen molar-refractivity contribution in [2.75, 3.05) is 6.61 Å². The van der Waals surface area contributed by atoms with Crippen LogP contribution in [0.5, 0.6) is 0 Å². The molecule has 154 valence electrons. The smallest absolute Gasteiger partial charge is 0.0714 e. The van der Waals surface area contributed by atoms with Gasteiger partial charge in [0.2, 0.25) is 0 Å². The van der Waals surface area contributed by atoms with E-state index in [1.54, 1.807) is 20.8 Å². The summed E-state index contributed by atoms with van der Waals surface area (Å²) in [4.78, 5) is 4.91. The summed E-state index contributed by atoms with van der Waals surface area (Å²) in [6.07, 6.45) is 3.15. The van der Waals surface area contributed by atoms with Crippen molar-refractivity contribution in [1.29, 1.82) is 0 Å². The molecule has 1 saturated carbocycles. The minimum absolute atomic E-state index is 0.139. The number of hydrogen-bond acceptors (Lipinski definition) is 3. The van der Waals surface area contributed by atoms with E-state index in [-0.39, 0.29) is 6.61 Å². The Labute approximate surface area is 178 Å². The van der Waals surface area contributed by atoms with Gasteiger partial charge in [-0.1, -0.05) is 29.8 Å². The zero-order chi connectivity index (χ0) is 21.2. The predicted octanol–water partition coefficient (Wildman–Crippen LogP) is 6.05. The number of aliphatic hydroxyl groups excluding tert-OH is 1. The quantitative estimate of drug-likeness (QED) is 0.549. The van der Waals surface area contributed by atoms with Crippen molar-refractivity contribution in [2.24, 2.45) is 0 Å². The Morgan fingerprint density at radius 2 is 1.69 bits per heavy atom. The Morgan fingerprint density at radius 3 is 2.24 bits per heavy atom. The first-order valence-electron chi connectivity index (χ1n) is 10.2. The van der Waals surface area contributed by atoms with Crippen molar-refractivity contribution in [2.45, 2.75) is 58.5 Å². The number of aliphatic hydroxyl groups is 2. The van der Waals surface area contributed by atoms with Crippen molar-refractivity contribution in [1.82, 2.24) is 4.98 Å². The molecule has 0 saturated heterocycles. The predicted molar refractivity (Wildman–Crippen MR) is 122 cm³/mol. The molecule has 0 bridgehead atoms. The molecule has 0 spiro atoms. The molecule has 2 N–H and O–H groups in total. The van der Waals surface area contributed by atoms with Gasteiger partial charge in [-0.25, -0.2) is 0 Å². The van der Waals surface area contributed by atoms with Crippen LogP contribution in [0.25, 0.3) is 22.0 Å². The van der Waals surface area contributed by atoms with Crippen LogP contribution < -0.4 is 0 Å². The van der Waals surface area contributed by atoms with Gasteiger partial charge in [0.25, 0.3) is 0 Å². The van der Waals surface area contributed by atoms with Crippen molar-refractivity contribution in [3.05, 3.63) is 64.3 Å². The fraction of sp³-hybridized carbons (Fsp3) is 0.400. The molecule has 1 aromatic heterocycles. The second-order valence-electron chi connectivity index (χ2n) is 8.78. The number of pyridine rings is 1. The summed E-state index contributed by atoms with van der Waals surface area (Å²) in [5, 5.41) is 19.9. The zero-order valence-electron chi connectivity index (χ0n) is 17.7. The number of hydrogen-bond donors (Lipinski definition) is 2. The molecule has 0 amide bonds. The van der Waals surface area contributed by atoms with E-state index >= 15 is 0 Å². The van der Waals surface area contributed by atoms with E-state index in [2.05, 4.69) is 25.1 Å². The van der Waals surface area contributed by atoms with Gasteiger partial charge in [-0.05, 0) is 93.5 Å². The summed E-state index contributed by atoms with van der Waals surface area (Å²) in [6.45, 7) is 7.48. The second-order valence-corrected chi connectivity index (χ2v) is 9.21. The lowest BCUT2D eigenvalue weighted by atomic mass is 9.90. The molecular formula is C25H30ClNO2. The number of halogens is 1. The summed E-state index contributed by atoms with van der Waals surface area (Å²) in [7, 11) is 0. The van der Waals surface area contributed by atoms with Gasteiger partial charge in [0.05, 0.1) is 11.1 Å². The number of aryl methyl sites for hydroxylation is 1. The average molecular weight is 412 g/mol. The highest BCUT2D eigenvalue weighted by Crippen LogP contribution is 2.41.